The molecule has 0 radical (unpaired) electrons. The Morgan fingerprint density at radius 3 is 2.58 bits per heavy atom. The summed E-state index contributed by atoms with van der Waals surface area (Å²) in [5.41, 5.74) is 1.38. The van der Waals surface area contributed by atoms with E-state index in [2.05, 4.69) is 21.1 Å². The van der Waals surface area contributed by atoms with Crippen molar-refractivity contribution in [1.29, 1.82) is 0 Å². The molecular formula is C28H34ClFN4O4. The zero-order valence-electron chi connectivity index (χ0n) is 21.6. The standard InChI is InChI=1S/C28H34ClFN4O4/c1-16-23-24(17-6-4-2-3-5-7-17)19(11-31-26(23)38-34-16)25(36)33-28-13-27(14-28,15-28)32-22(35)12-37-18-8-9-20(29)21(30)10-18/h8-10,17,19,24,31H,2-7,11-15H2,1H3,(H,32,35)(H,33,36). The maximum atomic E-state index is 13.7. The van der Waals surface area contributed by atoms with Crippen molar-refractivity contribution in [2.75, 3.05) is 18.5 Å². The SMILES string of the molecule is Cc1noc2c1C(C1CCCCCC1)C(C(=O)NC13CC(NC(=O)COc4ccc(Cl)c(F)c4)(C1)C3)CN2. The normalized spacial score (nSPS) is 30.1. The van der Waals surface area contributed by atoms with Gasteiger partial charge in [-0.15, -0.1) is 0 Å². The Morgan fingerprint density at radius 1 is 1.16 bits per heavy atom. The highest BCUT2D eigenvalue weighted by Crippen LogP contribution is 2.60. The van der Waals surface area contributed by atoms with Crippen molar-refractivity contribution >= 4 is 29.3 Å². The van der Waals surface area contributed by atoms with Crippen molar-refractivity contribution in [3.63, 3.8) is 0 Å². The Kier molecular flexibility index (Phi) is 6.53. The van der Waals surface area contributed by atoms with Gasteiger partial charge < -0.3 is 25.2 Å². The zero-order valence-corrected chi connectivity index (χ0v) is 22.3. The second-order valence-electron chi connectivity index (χ2n) is 11.8. The maximum absolute atomic E-state index is 13.7. The number of anilines is 1. The largest absolute Gasteiger partial charge is 0.484 e. The first-order chi connectivity index (χ1) is 18.3. The molecule has 8 nitrogen and oxygen atoms in total. The summed E-state index contributed by atoms with van der Waals surface area (Å²) < 4.78 is 24.6. The van der Waals surface area contributed by atoms with E-state index in [0.717, 1.165) is 36.0 Å². The number of halogens is 2. The number of ether oxygens (including phenoxy) is 1. The predicted octanol–water partition coefficient (Wildman–Crippen LogP) is 4.86. The van der Waals surface area contributed by atoms with Crippen LogP contribution in [0.5, 0.6) is 5.75 Å². The molecular weight excluding hydrogens is 511 g/mol. The van der Waals surface area contributed by atoms with E-state index < -0.39 is 5.82 Å². The van der Waals surface area contributed by atoms with Gasteiger partial charge in [-0.25, -0.2) is 4.39 Å². The monoisotopic (exact) mass is 544 g/mol. The number of fused-ring (bicyclic) bond motifs is 1. The van der Waals surface area contributed by atoms with Crippen molar-refractivity contribution in [3.8, 4) is 5.75 Å². The Hall–Kier alpha value is -2.81. The molecule has 1 aliphatic heterocycles. The number of carbonyl (C=O) groups is 2. The Labute approximate surface area is 226 Å². The molecule has 1 aromatic carbocycles. The molecule has 204 valence electrons. The highest BCUT2D eigenvalue weighted by atomic mass is 35.5. The van der Waals surface area contributed by atoms with Gasteiger partial charge in [0.25, 0.3) is 5.91 Å². The first-order valence-electron chi connectivity index (χ1n) is 13.7. The van der Waals surface area contributed by atoms with Crippen molar-refractivity contribution in [1.82, 2.24) is 15.8 Å². The fraction of sp³-hybridized carbons (Fsp3) is 0.607. The molecule has 0 spiro atoms. The summed E-state index contributed by atoms with van der Waals surface area (Å²) in [4.78, 5) is 26.2. The van der Waals surface area contributed by atoms with Crippen molar-refractivity contribution in [2.24, 2.45) is 11.8 Å². The molecule has 2 aromatic rings. The molecule has 2 atom stereocenters. The predicted molar refractivity (Wildman–Crippen MR) is 140 cm³/mol. The first-order valence-corrected chi connectivity index (χ1v) is 14.1. The first kappa shape index (κ1) is 25.5. The van der Waals surface area contributed by atoms with Crippen LogP contribution >= 0.6 is 11.6 Å². The summed E-state index contributed by atoms with van der Waals surface area (Å²) >= 11 is 5.69. The molecule has 4 fully saturated rings. The number of hydrogen-bond acceptors (Lipinski definition) is 6. The lowest BCUT2D eigenvalue weighted by Gasteiger charge is -2.70. The lowest BCUT2D eigenvalue weighted by molar-refractivity contribution is -0.152. The molecule has 4 aliphatic carbocycles. The van der Waals surface area contributed by atoms with E-state index >= 15 is 0 Å². The van der Waals surface area contributed by atoms with Crippen LogP contribution in [0.15, 0.2) is 22.7 Å². The summed E-state index contributed by atoms with van der Waals surface area (Å²) in [6.07, 6.45) is 9.29. The molecule has 0 saturated heterocycles. The highest BCUT2D eigenvalue weighted by molar-refractivity contribution is 6.30. The van der Waals surface area contributed by atoms with E-state index in [4.69, 9.17) is 20.9 Å². The van der Waals surface area contributed by atoms with Crippen LogP contribution in [-0.2, 0) is 9.59 Å². The van der Waals surface area contributed by atoms with Gasteiger partial charge >= 0.3 is 0 Å². The molecule has 5 aliphatic rings. The number of carbonyl (C=O) groups excluding carboxylic acids is 2. The Bertz CT molecular complexity index is 1220. The lowest BCUT2D eigenvalue weighted by Crippen LogP contribution is -2.84. The van der Waals surface area contributed by atoms with E-state index in [9.17, 15) is 14.0 Å². The third-order valence-corrected chi connectivity index (χ3v) is 9.29. The Balaban J connectivity index is 1.05. The van der Waals surface area contributed by atoms with Crippen molar-refractivity contribution < 1.29 is 23.2 Å². The smallest absolute Gasteiger partial charge is 0.258 e. The second-order valence-corrected chi connectivity index (χ2v) is 12.2. The number of rotatable bonds is 7. The number of aryl methyl sites for hydroxylation is 1. The number of aromatic nitrogens is 1. The van der Waals surface area contributed by atoms with E-state index in [-0.39, 0.29) is 52.1 Å². The quantitative estimate of drug-likeness (QED) is 0.430. The van der Waals surface area contributed by atoms with Crippen LogP contribution < -0.4 is 20.7 Å². The fourth-order valence-corrected chi connectivity index (χ4v) is 7.49. The molecule has 4 saturated carbocycles. The van der Waals surface area contributed by atoms with Crippen LogP contribution in [-0.4, -0.2) is 41.2 Å². The summed E-state index contributed by atoms with van der Waals surface area (Å²) in [5.74, 6) is 0.552. The average molecular weight is 545 g/mol. The van der Waals surface area contributed by atoms with Gasteiger partial charge in [0.15, 0.2) is 6.61 Å². The van der Waals surface area contributed by atoms with Gasteiger partial charge in [0.2, 0.25) is 11.8 Å². The third-order valence-electron chi connectivity index (χ3n) is 8.99. The minimum atomic E-state index is -0.591. The van der Waals surface area contributed by atoms with Crippen molar-refractivity contribution in [3.05, 3.63) is 40.3 Å². The Morgan fingerprint density at radius 2 is 1.87 bits per heavy atom. The van der Waals surface area contributed by atoms with Gasteiger partial charge in [0.1, 0.15) is 11.6 Å². The summed E-state index contributed by atoms with van der Waals surface area (Å²) in [6.45, 7) is 2.30. The molecule has 2 amide bonds. The summed E-state index contributed by atoms with van der Waals surface area (Å²) in [5, 5.41) is 13.9. The summed E-state index contributed by atoms with van der Waals surface area (Å²) in [6, 6.07) is 4.08. The van der Waals surface area contributed by atoms with Crippen LogP contribution in [0.2, 0.25) is 5.02 Å². The number of hydrogen-bond donors (Lipinski definition) is 3. The number of nitrogens with zero attached hydrogens (tertiary/aromatic N) is 1. The highest BCUT2D eigenvalue weighted by Gasteiger charge is 2.69. The number of amides is 2. The molecule has 1 aromatic heterocycles. The van der Waals surface area contributed by atoms with Crippen LogP contribution in [0.1, 0.15) is 75.0 Å². The van der Waals surface area contributed by atoms with Crippen LogP contribution in [0.25, 0.3) is 0 Å². The van der Waals surface area contributed by atoms with Crippen LogP contribution in [0, 0.1) is 24.6 Å². The van der Waals surface area contributed by atoms with Gasteiger partial charge in [0, 0.05) is 35.2 Å². The van der Waals surface area contributed by atoms with Gasteiger partial charge in [-0.05, 0) is 57.1 Å². The third kappa shape index (κ3) is 4.63. The lowest BCUT2D eigenvalue weighted by atomic mass is 9.44. The van der Waals surface area contributed by atoms with E-state index in [0.29, 0.717) is 31.7 Å². The zero-order chi connectivity index (χ0) is 26.5. The topological polar surface area (TPSA) is 105 Å². The van der Waals surface area contributed by atoms with Gasteiger partial charge in [-0.3, -0.25) is 9.59 Å². The molecule has 2 bridgehead atoms. The molecule has 38 heavy (non-hydrogen) atoms. The molecule has 2 unspecified atom stereocenters. The van der Waals surface area contributed by atoms with Crippen molar-refractivity contribution in [2.45, 2.75) is 81.7 Å². The molecule has 7 rings (SSSR count). The number of benzene rings is 1. The molecule has 2 heterocycles. The maximum Gasteiger partial charge on any atom is 0.258 e. The molecule has 3 N–H and O–H groups in total. The van der Waals surface area contributed by atoms with E-state index in [1.807, 2.05) is 6.92 Å². The number of nitrogens with one attached hydrogen (secondary N) is 3. The van der Waals surface area contributed by atoms with E-state index in [1.54, 1.807) is 0 Å². The summed E-state index contributed by atoms with van der Waals surface area (Å²) in [7, 11) is 0. The van der Waals surface area contributed by atoms with Gasteiger partial charge in [-0.1, -0.05) is 42.4 Å². The second kappa shape index (κ2) is 9.74. The van der Waals surface area contributed by atoms with Crippen LogP contribution in [0.3, 0.4) is 0 Å². The molecule has 10 heteroatoms. The van der Waals surface area contributed by atoms with Gasteiger partial charge in [-0.2, -0.15) is 0 Å². The fourth-order valence-electron chi connectivity index (χ4n) is 7.37. The average Bonchev–Trinajstić information content (AvgIpc) is 3.04. The minimum Gasteiger partial charge on any atom is -0.484 e. The van der Waals surface area contributed by atoms with E-state index in [1.165, 1.54) is 37.8 Å². The van der Waals surface area contributed by atoms with Gasteiger partial charge in [0.05, 0.1) is 16.6 Å². The minimum absolute atomic E-state index is 0.00425. The van der Waals surface area contributed by atoms with Crippen LogP contribution in [0.4, 0.5) is 10.3 Å².